The summed E-state index contributed by atoms with van der Waals surface area (Å²) in [5, 5.41) is 7.98. The highest BCUT2D eigenvalue weighted by Crippen LogP contribution is 2.23. The molecule has 2 aromatic rings. The minimum atomic E-state index is 0.224. The number of anilines is 1. The lowest BCUT2D eigenvalue weighted by Gasteiger charge is -2.32. The van der Waals surface area contributed by atoms with E-state index in [0.717, 1.165) is 61.6 Å². The van der Waals surface area contributed by atoms with Crippen molar-refractivity contribution in [2.45, 2.75) is 52.4 Å². The van der Waals surface area contributed by atoms with Gasteiger partial charge < -0.3 is 18.8 Å². The minimum absolute atomic E-state index is 0.224. The highest BCUT2D eigenvalue weighted by Gasteiger charge is 2.23. The van der Waals surface area contributed by atoms with E-state index >= 15 is 0 Å². The van der Waals surface area contributed by atoms with Crippen molar-refractivity contribution in [2.75, 3.05) is 32.1 Å². The fourth-order valence-corrected chi connectivity index (χ4v) is 3.58. The van der Waals surface area contributed by atoms with Crippen LogP contribution in [0.4, 0.5) is 6.01 Å². The van der Waals surface area contributed by atoms with E-state index in [1.807, 2.05) is 37.7 Å². The highest BCUT2D eigenvalue weighted by molar-refractivity contribution is 5.76. The summed E-state index contributed by atoms with van der Waals surface area (Å²) in [4.78, 5) is 20.7. The van der Waals surface area contributed by atoms with E-state index in [0.29, 0.717) is 24.8 Å². The van der Waals surface area contributed by atoms with E-state index in [-0.39, 0.29) is 5.91 Å². The molecular weight excluding hydrogens is 346 g/mol. The van der Waals surface area contributed by atoms with Crippen LogP contribution in [0.3, 0.4) is 0 Å². The number of hydrogen-bond donors (Lipinski definition) is 0. The molecule has 27 heavy (non-hydrogen) atoms. The number of carbonyl (C=O) groups is 1. The number of piperidine rings is 1. The molecule has 1 aliphatic rings. The van der Waals surface area contributed by atoms with Crippen molar-refractivity contribution >= 4 is 11.9 Å². The van der Waals surface area contributed by atoms with Crippen molar-refractivity contribution in [3.05, 3.63) is 22.8 Å². The molecule has 8 nitrogen and oxygen atoms in total. The van der Waals surface area contributed by atoms with Gasteiger partial charge in [-0.2, -0.15) is 4.98 Å². The molecule has 0 spiro atoms. The molecule has 2 aromatic heterocycles. The van der Waals surface area contributed by atoms with Gasteiger partial charge in [-0.3, -0.25) is 4.79 Å². The topological polar surface area (TPSA) is 88.5 Å². The molecule has 0 N–H and O–H groups in total. The number of amides is 1. The van der Waals surface area contributed by atoms with E-state index in [2.05, 4.69) is 15.3 Å². The molecule has 1 fully saturated rings. The summed E-state index contributed by atoms with van der Waals surface area (Å²) in [5.74, 6) is 2.41. The molecule has 1 aliphatic heterocycles. The van der Waals surface area contributed by atoms with E-state index in [1.165, 1.54) is 0 Å². The van der Waals surface area contributed by atoms with Crippen LogP contribution < -0.4 is 4.90 Å². The van der Waals surface area contributed by atoms with Crippen LogP contribution in [0.2, 0.25) is 0 Å². The van der Waals surface area contributed by atoms with Crippen molar-refractivity contribution in [2.24, 2.45) is 5.92 Å². The highest BCUT2D eigenvalue weighted by atomic mass is 16.5. The van der Waals surface area contributed by atoms with Gasteiger partial charge in [-0.25, -0.2) is 0 Å². The van der Waals surface area contributed by atoms with E-state index in [9.17, 15) is 4.79 Å². The van der Waals surface area contributed by atoms with Crippen molar-refractivity contribution in [3.63, 3.8) is 0 Å². The number of nitrogens with zero attached hydrogens (tertiary/aromatic N) is 5. The number of hydrogen-bond acceptors (Lipinski definition) is 7. The summed E-state index contributed by atoms with van der Waals surface area (Å²) in [6, 6.07) is 0.545. The van der Waals surface area contributed by atoms with Crippen molar-refractivity contribution in [1.29, 1.82) is 0 Å². The first-order chi connectivity index (χ1) is 12.9. The zero-order valence-electron chi connectivity index (χ0n) is 16.7. The summed E-state index contributed by atoms with van der Waals surface area (Å²) in [5.41, 5.74) is 1.95. The molecule has 0 aliphatic carbocycles. The molecule has 1 amide bonds. The SMILES string of the molecule is Cc1noc(C)c1CCC(=O)N1CCC(CCc2noc(N(C)C)n2)CC1. The van der Waals surface area contributed by atoms with Crippen molar-refractivity contribution < 1.29 is 13.8 Å². The fraction of sp³-hybridized carbons (Fsp3) is 0.684. The molecule has 8 heteroatoms. The Hall–Kier alpha value is -2.38. The van der Waals surface area contributed by atoms with Crippen molar-refractivity contribution in [3.8, 4) is 0 Å². The van der Waals surface area contributed by atoms with E-state index < -0.39 is 0 Å². The second kappa shape index (κ2) is 8.54. The lowest BCUT2D eigenvalue weighted by Crippen LogP contribution is -2.38. The minimum Gasteiger partial charge on any atom is -0.361 e. The van der Waals surface area contributed by atoms with Gasteiger partial charge in [-0.05, 0) is 45.4 Å². The number of aryl methyl sites for hydroxylation is 3. The van der Waals surface area contributed by atoms with Crippen LogP contribution in [0.5, 0.6) is 0 Å². The zero-order valence-corrected chi connectivity index (χ0v) is 16.7. The molecular formula is C19H29N5O3. The van der Waals surface area contributed by atoms with Gasteiger partial charge in [0.1, 0.15) is 5.76 Å². The van der Waals surface area contributed by atoms with Crippen LogP contribution in [0.25, 0.3) is 0 Å². The lowest BCUT2D eigenvalue weighted by molar-refractivity contribution is -0.132. The first kappa shape index (κ1) is 19.4. The van der Waals surface area contributed by atoms with Gasteiger partial charge in [-0.15, -0.1) is 0 Å². The average molecular weight is 375 g/mol. The maximum Gasteiger partial charge on any atom is 0.323 e. The first-order valence-corrected chi connectivity index (χ1v) is 9.63. The van der Waals surface area contributed by atoms with Gasteiger partial charge in [0.2, 0.25) is 5.91 Å². The van der Waals surface area contributed by atoms with E-state index in [1.54, 1.807) is 0 Å². The van der Waals surface area contributed by atoms with Gasteiger partial charge in [-0.1, -0.05) is 10.3 Å². The molecule has 0 atom stereocenters. The second-order valence-corrected chi connectivity index (χ2v) is 7.55. The normalized spacial score (nSPS) is 15.3. The van der Waals surface area contributed by atoms with Gasteiger partial charge in [0, 0.05) is 45.6 Å². The van der Waals surface area contributed by atoms with Crippen LogP contribution >= 0.6 is 0 Å². The lowest BCUT2D eigenvalue weighted by atomic mass is 9.92. The standard InChI is InChI=1S/C19H29N5O3/c1-13-16(14(2)26-21-13)6-8-18(25)24-11-9-15(10-12-24)5-7-17-20-19(23(3)4)27-22-17/h15H,5-12H2,1-4H3. The first-order valence-electron chi connectivity index (χ1n) is 9.63. The Kier molecular flexibility index (Phi) is 6.13. The van der Waals surface area contributed by atoms with Gasteiger partial charge in [0.15, 0.2) is 5.82 Å². The van der Waals surface area contributed by atoms with Gasteiger partial charge in [0.25, 0.3) is 0 Å². The van der Waals surface area contributed by atoms with Crippen LogP contribution in [-0.2, 0) is 17.6 Å². The Morgan fingerprint density at radius 3 is 2.48 bits per heavy atom. The maximum absolute atomic E-state index is 12.5. The molecule has 0 radical (unpaired) electrons. The summed E-state index contributed by atoms with van der Waals surface area (Å²) >= 11 is 0. The number of likely N-dealkylation sites (tertiary alicyclic amines) is 1. The predicted molar refractivity (Wildman–Crippen MR) is 101 cm³/mol. The smallest absolute Gasteiger partial charge is 0.323 e. The second-order valence-electron chi connectivity index (χ2n) is 7.55. The third-order valence-corrected chi connectivity index (χ3v) is 5.35. The van der Waals surface area contributed by atoms with Crippen LogP contribution in [-0.4, -0.2) is 53.3 Å². The molecule has 1 saturated heterocycles. The Morgan fingerprint density at radius 1 is 1.15 bits per heavy atom. The Morgan fingerprint density at radius 2 is 1.89 bits per heavy atom. The number of aromatic nitrogens is 3. The third kappa shape index (κ3) is 4.87. The largest absolute Gasteiger partial charge is 0.361 e. The van der Waals surface area contributed by atoms with Crippen LogP contribution in [0.15, 0.2) is 9.05 Å². The van der Waals surface area contributed by atoms with Crippen LogP contribution in [0, 0.1) is 19.8 Å². The Bertz CT molecular complexity index is 740. The van der Waals surface area contributed by atoms with Crippen LogP contribution in [0.1, 0.15) is 48.5 Å². The molecule has 0 saturated carbocycles. The summed E-state index contributed by atoms with van der Waals surface area (Å²) in [6.45, 7) is 5.49. The molecule has 0 unspecified atom stereocenters. The van der Waals surface area contributed by atoms with Gasteiger partial charge >= 0.3 is 6.01 Å². The molecule has 0 bridgehead atoms. The fourth-order valence-electron chi connectivity index (χ4n) is 3.58. The third-order valence-electron chi connectivity index (χ3n) is 5.35. The van der Waals surface area contributed by atoms with Gasteiger partial charge in [0.05, 0.1) is 5.69 Å². The summed E-state index contributed by atoms with van der Waals surface area (Å²) < 4.78 is 10.4. The number of rotatable bonds is 7. The molecule has 148 valence electrons. The number of carbonyl (C=O) groups excluding carboxylic acids is 1. The summed E-state index contributed by atoms with van der Waals surface area (Å²) in [7, 11) is 3.77. The molecule has 0 aromatic carbocycles. The Balaban J connectivity index is 1.39. The average Bonchev–Trinajstić information content (AvgIpc) is 3.26. The van der Waals surface area contributed by atoms with Crippen molar-refractivity contribution in [1.82, 2.24) is 20.2 Å². The Labute approximate surface area is 159 Å². The molecule has 3 heterocycles. The molecule has 3 rings (SSSR count). The summed E-state index contributed by atoms with van der Waals surface area (Å²) in [6.07, 6.45) is 5.15. The quantitative estimate of drug-likeness (QED) is 0.735. The zero-order chi connectivity index (χ0) is 19.4. The predicted octanol–water partition coefficient (Wildman–Crippen LogP) is 2.54. The monoisotopic (exact) mass is 375 g/mol. The maximum atomic E-state index is 12.5. The van der Waals surface area contributed by atoms with E-state index in [4.69, 9.17) is 9.05 Å².